The first-order valence-electron chi connectivity index (χ1n) is 8.19. The van der Waals surface area contributed by atoms with E-state index in [0.29, 0.717) is 19.8 Å². The zero-order valence-corrected chi connectivity index (χ0v) is 18.0. The number of esters is 1. The van der Waals surface area contributed by atoms with Gasteiger partial charge in [0.15, 0.2) is 0 Å². The van der Waals surface area contributed by atoms with Gasteiger partial charge in [0, 0.05) is 33.5 Å². The van der Waals surface area contributed by atoms with Gasteiger partial charge in [0.25, 0.3) is 0 Å². The Morgan fingerprint density at radius 3 is 1.96 bits per heavy atom. The first-order chi connectivity index (χ1) is 11.4. The van der Waals surface area contributed by atoms with Gasteiger partial charge in [-0.05, 0) is 45.0 Å². The maximum absolute atomic E-state index is 10.7. The molecule has 0 aliphatic heterocycles. The molecule has 6 nitrogen and oxygen atoms in total. The molecule has 0 fully saturated rings. The second-order valence-corrected chi connectivity index (χ2v) is 10.2. The molecular formula is C16H34O6Si2. The van der Waals surface area contributed by atoms with Gasteiger partial charge in [-0.1, -0.05) is 6.58 Å². The van der Waals surface area contributed by atoms with E-state index in [1.54, 1.807) is 19.9 Å². The van der Waals surface area contributed by atoms with Gasteiger partial charge in [-0.25, -0.2) is 4.79 Å². The highest BCUT2D eigenvalue weighted by molar-refractivity contribution is 6.71. The summed E-state index contributed by atoms with van der Waals surface area (Å²) < 4.78 is 26.0. The number of hydrogen-bond acceptors (Lipinski definition) is 6. The molecule has 8 heteroatoms. The summed E-state index contributed by atoms with van der Waals surface area (Å²) >= 11 is 0. The molecule has 0 amide bonds. The van der Waals surface area contributed by atoms with Gasteiger partial charge < -0.3 is 22.4 Å². The quantitative estimate of drug-likeness (QED) is 0.212. The largest absolute Gasteiger partial charge is 0.463 e. The molecule has 0 aliphatic rings. The second kappa shape index (κ2) is 17.1. The van der Waals surface area contributed by atoms with Crippen LogP contribution in [0.1, 0.15) is 26.7 Å². The fourth-order valence-corrected chi connectivity index (χ4v) is 3.78. The predicted octanol–water partition coefficient (Wildman–Crippen LogP) is 2.87. The minimum atomic E-state index is -1.91. The summed E-state index contributed by atoms with van der Waals surface area (Å²) in [6.07, 6.45) is 3.00. The molecule has 0 saturated carbocycles. The average molecular weight is 379 g/mol. The van der Waals surface area contributed by atoms with Crippen LogP contribution in [0.15, 0.2) is 24.9 Å². The van der Waals surface area contributed by atoms with Gasteiger partial charge in [-0.15, -0.1) is 6.58 Å². The van der Waals surface area contributed by atoms with Gasteiger partial charge in [-0.2, -0.15) is 0 Å². The van der Waals surface area contributed by atoms with Crippen molar-refractivity contribution >= 4 is 23.8 Å². The zero-order valence-electron chi connectivity index (χ0n) is 15.8. The van der Waals surface area contributed by atoms with Crippen LogP contribution in [0.25, 0.3) is 0 Å². The van der Waals surface area contributed by atoms with Crippen molar-refractivity contribution in [1.29, 1.82) is 0 Å². The molecule has 142 valence electrons. The number of carbonyl (C=O) groups is 1. The molecule has 0 aromatic heterocycles. The maximum Gasteiger partial charge on any atom is 0.360 e. The second-order valence-electron chi connectivity index (χ2n) is 4.84. The summed E-state index contributed by atoms with van der Waals surface area (Å²) in [6.45, 7) is 14.7. The standard InChI is InChI=1S/C11H22O4Si.C5H12O2Si/c1-4-11(12)13-9-7-8-10-16(14-5-2)15-6-3;1-5-8(4,6-2)7-3/h4,16H,1,5-10H2,2-3H3;5H,1H2,2-4H3. The Morgan fingerprint density at radius 1 is 1.08 bits per heavy atom. The molecule has 0 N–H and O–H groups in total. The lowest BCUT2D eigenvalue weighted by Gasteiger charge is -2.16. The van der Waals surface area contributed by atoms with Gasteiger partial charge in [-0.3, -0.25) is 0 Å². The minimum Gasteiger partial charge on any atom is -0.463 e. The highest BCUT2D eigenvalue weighted by Crippen LogP contribution is 2.05. The van der Waals surface area contributed by atoms with Crippen molar-refractivity contribution in [3.8, 4) is 0 Å². The van der Waals surface area contributed by atoms with E-state index in [4.69, 9.17) is 22.4 Å². The molecule has 0 spiro atoms. The van der Waals surface area contributed by atoms with E-state index in [2.05, 4.69) is 13.2 Å². The molecule has 0 rings (SSSR count). The molecule has 0 heterocycles. The van der Waals surface area contributed by atoms with Crippen molar-refractivity contribution in [2.75, 3.05) is 34.0 Å². The molecule has 0 unspecified atom stereocenters. The van der Waals surface area contributed by atoms with Crippen LogP contribution in [-0.2, 0) is 27.2 Å². The third-order valence-electron chi connectivity index (χ3n) is 3.13. The first kappa shape index (κ1) is 25.5. The summed E-state index contributed by atoms with van der Waals surface area (Å²) in [5.41, 5.74) is 1.74. The Morgan fingerprint density at radius 2 is 1.62 bits per heavy atom. The fraction of sp³-hybridized carbons (Fsp3) is 0.688. The highest BCUT2D eigenvalue weighted by atomic mass is 28.4. The fourth-order valence-electron chi connectivity index (χ4n) is 1.48. The van der Waals surface area contributed by atoms with Crippen LogP contribution in [0.5, 0.6) is 0 Å². The summed E-state index contributed by atoms with van der Waals surface area (Å²) in [4.78, 5) is 10.7. The van der Waals surface area contributed by atoms with Crippen LogP contribution >= 0.6 is 0 Å². The van der Waals surface area contributed by atoms with Crippen molar-refractivity contribution in [3.05, 3.63) is 24.9 Å². The lowest BCUT2D eigenvalue weighted by Crippen LogP contribution is -2.33. The topological polar surface area (TPSA) is 63.2 Å². The number of unbranched alkanes of at least 4 members (excludes halogenated alkanes) is 1. The van der Waals surface area contributed by atoms with Crippen LogP contribution in [0.2, 0.25) is 12.6 Å². The van der Waals surface area contributed by atoms with Crippen molar-refractivity contribution in [2.45, 2.75) is 39.3 Å². The molecule has 0 bridgehead atoms. The van der Waals surface area contributed by atoms with E-state index < -0.39 is 17.8 Å². The van der Waals surface area contributed by atoms with E-state index in [1.165, 1.54) is 6.08 Å². The number of ether oxygens (including phenoxy) is 1. The molecule has 0 radical (unpaired) electrons. The molecule has 0 aliphatic carbocycles. The van der Waals surface area contributed by atoms with Gasteiger partial charge >= 0.3 is 23.8 Å². The van der Waals surface area contributed by atoms with Crippen LogP contribution < -0.4 is 0 Å². The van der Waals surface area contributed by atoms with Crippen LogP contribution in [0, 0.1) is 0 Å². The first-order valence-corrected chi connectivity index (χ1v) is 12.3. The third-order valence-corrected chi connectivity index (χ3v) is 7.78. The Bertz CT molecular complexity index is 329. The van der Waals surface area contributed by atoms with E-state index in [9.17, 15) is 4.79 Å². The van der Waals surface area contributed by atoms with Gasteiger partial charge in [0.1, 0.15) is 0 Å². The van der Waals surface area contributed by atoms with Crippen molar-refractivity contribution in [2.24, 2.45) is 0 Å². The lowest BCUT2D eigenvalue weighted by atomic mass is 10.4. The molecule has 0 aromatic carbocycles. The number of carbonyl (C=O) groups excluding carboxylic acids is 1. The molecule has 0 atom stereocenters. The number of rotatable bonds is 13. The maximum atomic E-state index is 10.7. The molecule has 0 aromatic rings. The Labute approximate surface area is 149 Å². The van der Waals surface area contributed by atoms with Crippen molar-refractivity contribution in [3.63, 3.8) is 0 Å². The van der Waals surface area contributed by atoms with Gasteiger partial charge in [0.2, 0.25) is 0 Å². The average Bonchev–Trinajstić information content (AvgIpc) is 2.61. The Hall–Kier alpha value is -0.776. The summed E-state index contributed by atoms with van der Waals surface area (Å²) in [7, 11) is -0.104. The predicted molar refractivity (Wildman–Crippen MR) is 101 cm³/mol. The summed E-state index contributed by atoms with van der Waals surface area (Å²) in [6, 6.07) is 0.966. The van der Waals surface area contributed by atoms with E-state index in [1.807, 2.05) is 20.4 Å². The lowest BCUT2D eigenvalue weighted by molar-refractivity contribution is -0.137. The molecule has 24 heavy (non-hydrogen) atoms. The van der Waals surface area contributed by atoms with Gasteiger partial charge in [0.05, 0.1) is 6.61 Å². The highest BCUT2D eigenvalue weighted by Gasteiger charge is 2.22. The van der Waals surface area contributed by atoms with E-state index in [0.717, 1.165) is 18.9 Å². The Kier molecular flexibility index (Phi) is 18.1. The van der Waals surface area contributed by atoms with Crippen LogP contribution in [0.3, 0.4) is 0 Å². The SMILES string of the molecule is C=CC(=O)OCCCC[SiH](OCC)OCC.C=C[Si](C)(OC)OC. The van der Waals surface area contributed by atoms with Crippen LogP contribution in [-0.4, -0.2) is 57.9 Å². The minimum absolute atomic E-state index is 0.358. The molecular weight excluding hydrogens is 344 g/mol. The van der Waals surface area contributed by atoms with Crippen molar-refractivity contribution < 1.29 is 27.2 Å². The third kappa shape index (κ3) is 14.8. The smallest absolute Gasteiger partial charge is 0.360 e. The Balaban J connectivity index is 0. The summed E-state index contributed by atoms with van der Waals surface area (Å²) in [5, 5.41) is 0. The number of hydrogen-bond donors (Lipinski definition) is 0. The zero-order chi connectivity index (χ0) is 18.8. The molecule has 0 saturated heterocycles. The normalized spacial score (nSPS) is 10.8. The van der Waals surface area contributed by atoms with Crippen molar-refractivity contribution in [1.82, 2.24) is 0 Å². The van der Waals surface area contributed by atoms with E-state index >= 15 is 0 Å². The summed E-state index contributed by atoms with van der Waals surface area (Å²) in [5.74, 6) is -0.358. The van der Waals surface area contributed by atoms with E-state index in [-0.39, 0.29) is 5.97 Å². The van der Waals surface area contributed by atoms with Crippen LogP contribution in [0.4, 0.5) is 0 Å². The monoisotopic (exact) mass is 378 g/mol.